The van der Waals surface area contributed by atoms with Crippen molar-refractivity contribution in [2.24, 2.45) is 13.0 Å². The van der Waals surface area contributed by atoms with Gasteiger partial charge in [0.1, 0.15) is 0 Å². The molecule has 1 amide bonds. The lowest BCUT2D eigenvalue weighted by Crippen LogP contribution is -2.44. The van der Waals surface area contributed by atoms with E-state index in [-0.39, 0.29) is 17.4 Å². The lowest BCUT2D eigenvalue weighted by atomic mass is 9.97. The molecule has 0 bridgehead atoms. The normalized spacial score (nSPS) is 21.6. The first-order chi connectivity index (χ1) is 12.6. The number of hydrogen-bond acceptors (Lipinski definition) is 6. The molecule has 0 aromatic carbocycles. The van der Waals surface area contributed by atoms with Crippen LogP contribution < -0.4 is 15.8 Å². The second kappa shape index (κ2) is 9.14. The van der Waals surface area contributed by atoms with Crippen LogP contribution >= 0.6 is 0 Å². The summed E-state index contributed by atoms with van der Waals surface area (Å²) >= 11 is 0. The molecule has 0 spiro atoms. The molecule has 1 atom stereocenters. The Kier molecular flexibility index (Phi) is 6.62. The van der Waals surface area contributed by atoms with E-state index in [4.69, 9.17) is 4.74 Å². The number of aryl methyl sites for hydroxylation is 1. The smallest absolute Gasteiger partial charge is 0.268 e. The number of morpholine rings is 1. The fourth-order valence-electron chi connectivity index (χ4n) is 3.54. The van der Waals surface area contributed by atoms with Gasteiger partial charge in [0.05, 0.1) is 31.0 Å². The van der Waals surface area contributed by atoms with Crippen LogP contribution in [0.15, 0.2) is 17.1 Å². The molecule has 1 aromatic rings. The highest BCUT2D eigenvalue weighted by atomic mass is 16.5. The lowest BCUT2D eigenvalue weighted by molar-refractivity contribution is -0.125. The van der Waals surface area contributed by atoms with Crippen molar-refractivity contribution in [2.75, 3.05) is 57.4 Å². The standard InChI is InChI=1S/C18H29N5O3/c1-21-17(24)12-16(13-20-21)23-7-2-4-15(14-23)18(25)19-5-3-6-22-8-10-26-11-9-22/h12-13,15H,2-11,14H2,1H3,(H,19,25). The van der Waals surface area contributed by atoms with Crippen LogP contribution in [0.5, 0.6) is 0 Å². The molecule has 1 unspecified atom stereocenters. The van der Waals surface area contributed by atoms with Crippen LogP contribution in [-0.4, -0.2) is 73.1 Å². The number of hydrogen-bond donors (Lipinski definition) is 1. The van der Waals surface area contributed by atoms with Crippen molar-refractivity contribution in [2.45, 2.75) is 19.3 Å². The molecule has 3 rings (SSSR count). The molecule has 26 heavy (non-hydrogen) atoms. The van der Waals surface area contributed by atoms with Gasteiger partial charge in [0.2, 0.25) is 5.91 Å². The molecule has 1 aromatic heterocycles. The van der Waals surface area contributed by atoms with E-state index in [1.54, 1.807) is 19.3 Å². The minimum atomic E-state index is -0.128. The van der Waals surface area contributed by atoms with Gasteiger partial charge in [-0.3, -0.25) is 14.5 Å². The van der Waals surface area contributed by atoms with E-state index >= 15 is 0 Å². The molecule has 0 aliphatic carbocycles. The van der Waals surface area contributed by atoms with E-state index in [1.807, 2.05) is 0 Å². The first-order valence-corrected chi connectivity index (χ1v) is 9.49. The highest BCUT2D eigenvalue weighted by Gasteiger charge is 2.26. The second-order valence-electron chi connectivity index (χ2n) is 7.06. The van der Waals surface area contributed by atoms with Gasteiger partial charge >= 0.3 is 0 Å². The van der Waals surface area contributed by atoms with Gasteiger partial charge in [-0.15, -0.1) is 0 Å². The zero-order chi connectivity index (χ0) is 18.4. The molecule has 144 valence electrons. The number of nitrogens with zero attached hydrogens (tertiary/aromatic N) is 4. The SMILES string of the molecule is Cn1ncc(N2CCCC(C(=O)NCCCN3CCOCC3)C2)cc1=O. The number of carbonyl (C=O) groups is 1. The average Bonchev–Trinajstić information content (AvgIpc) is 2.68. The van der Waals surface area contributed by atoms with Crippen LogP contribution in [0.2, 0.25) is 0 Å². The predicted octanol–water partition coefficient (Wildman–Crippen LogP) is -0.165. The summed E-state index contributed by atoms with van der Waals surface area (Å²) in [5.41, 5.74) is 0.676. The van der Waals surface area contributed by atoms with Gasteiger partial charge in [0.15, 0.2) is 0 Å². The van der Waals surface area contributed by atoms with Gasteiger partial charge in [0, 0.05) is 45.8 Å². The molecule has 1 N–H and O–H groups in total. The van der Waals surface area contributed by atoms with E-state index in [0.717, 1.165) is 64.3 Å². The third-order valence-electron chi connectivity index (χ3n) is 5.16. The number of aromatic nitrogens is 2. The molecule has 2 aliphatic rings. The predicted molar refractivity (Wildman–Crippen MR) is 99.3 cm³/mol. The van der Waals surface area contributed by atoms with Gasteiger partial charge in [0.25, 0.3) is 5.56 Å². The van der Waals surface area contributed by atoms with Crippen molar-refractivity contribution in [3.63, 3.8) is 0 Å². The van der Waals surface area contributed by atoms with Crippen molar-refractivity contribution < 1.29 is 9.53 Å². The molecule has 2 fully saturated rings. The van der Waals surface area contributed by atoms with Gasteiger partial charge in [-0.2, -0.15) is 5.10 Å². The molecule has 2 aliphatic heterocycles. The molecule has 8 nitrogen and oxygen atoms in total. The summed E-state index contributed by atoms with van der Waals surface area (Å²) in [6.45, 7) is 6.79. The number of carbonyl (C=O) groups excluding carboxylic acids is 1. The zero-order valence-electron chi connectivity index (χ0n) is 15.5. The third-order valence-corrected chi connectivity index (χ3v) is 5.16. The Morgan fingerprint density at radius 2 is 2.15 bits per heavy atom. The molecule has 8 heteroatoms. The molecular formula is C18H29N5O3. The summed E-state index contributed by atoms with van der Waals surface area (Å²) in [5.74, 6) is 0.0877. The van der Waals surface area contributed by atoms with E-state index in [9.17, 15) is 9.59 Å². The summed E-state index contributed by atoms with van der Waals surface area (Å²) in [4.78, 5) is 28.7. The van der Waals surface area contributed by atoms with Crippen molar-refractivity contribution >= 4 is 11.6 Å². The number of nitrogens with one attached hydrogen (secondary N) is 1. The minimum Gasteiger partial charge on any atom is -0.379 e. The van der Waals surface area contributed by atoms with E-state index in [0.29, 0.717) is 13.1 Å². The quantitative estimate of drug-likeness (QED) is 0.708. The Balaban J connectivity index is 1.43. The number of anilines is 1. The van der Waals surface area contributed by atoms with E-state index in [1.165, 1.54) is 4.68 Å². The van der Waals surface area contributed by atoms with Crippen molar-refractivity contribution in [1.29, 1.82) is 0 Å². The maximum atomic E-state index is 12.5. The topological polar surface area (TPSA) is 79.7 Å². The Labute approximate surface area is 154 Å². The second-order valence-corrected chi connectivity index (χ2v) is 7.06. The fourth-order valence-corrected chi connectivity index (χ4v) is 3.54. The van der Waals surface area contributed by atoms with Crippen molar-refractivity contribution in [3.8, 4) is 0 Å². The summed E-state index contributed by atoms with van der Waals surface area (Å²) in [6, 6.07) is 1.59. The highest BCUT2D eigenvalue weighted by Crippen LogP contribution is 2.21. The first kappa shape index (κ1) is 18.8. The van der Waals surface area contributed by atoms with E-state index < -0.39 is 0 Å². The van der Waals surface area contributed by atoms with Gasteiger partial charge in [-0.1, -0.05) is 0 Å². The van der Waals surface area contributed by atoms with E-state index in [2.05, 4.69) is 20.2 Å². The maximum Gasteiger partial charge on any atom is 0.268 e. The molecule has 2 saturated heterocycles. The monoisotopic (exact) mass is 363 g/mol. The Hall–Kier alpha value is -1.93. The number of rotatable bonds is 6. The largest absolute Gasteiger partial charge is 0.379 e. The molecular weight excluding hydrogens is 334 g/mol. The summed E-state index contributed by atoms with van der Waals surface area (Å²) in [5, 5.41) is 7.16. The Morgan fingerprint density at radius 1 is 1.35 bits per heavy atom. The maximum absolute atomic E-state index is 12.5. The van der Waals surface area contributed by atoms with Crippen LogP contribution in [0.1, 0.15) is 19.3 Å². The molecule has 0 radical (unpaired) electrons. The minimum absolute atomic E-state index is 0.0313. The van der Waals surface area contributed by atoms with Crippen molar-refractivity contribution in [1.82, 2.24) is 20.0 Å². The van der Waals surface area contributed by atoms with Crippen molar-refractivity contribution in [3.05, 3.63) is 22.6 Å². The fraction of sp³-hybridized carbons (Fsp3) is 0.722. The van der Waals surface area contributed by atoms with Gasteiger partial charge < -0.3 is 15.0 Å². The summed E-state index contributed by atoms with van der Waals surface area (Å²) in [6.07, 6.45) is 4.50. The van der Waals surface area contributed by atoms with Crippen LogP contribution in [0.25, 0.3) is 0 Å². The summed E-state index contributed by atoms with van der Waals surface area (Å²) in [7, 11) is 1.63. The highest BCUT2D eigenvalue weighted by molar-refractivity contribution is 5.79. The molecule has 3 heterocycles. The van der Waals surface area contributed by atoms with Crippen LogP contribution in [0.3, 0.4) is 0 Å². The first-order valence-electron chi connectivity index (χ1n) is 9.49. The van der Waals surface area contributed by atoms with Crippen LogP contribution in [0.4, 0.5) is 5.69 Å². The zero-order valence-corrected chi connectivity index (χ0v) is 15.5. The number of piperidine rings is 1. The lowest BCUT2D eigenvalue weighted by Gasteiger charge is -2.33. The van der Waals surface area contributed by atoms with Crippen LogP contribution in [-0.2, 0) is 16.6 Å². The van der Waals surface area contributed by atoms with Gasteiger partial charge in [-0.05, 0) is 25.8 Å². The van der Waals surface area contributed by atoms with Gasteiger partial charge in [-0.25, -0.2) is 4.68 Å². The Morgan fingerprint density at radius 3 is 2.92 bits per heavy atom. The third kappa shape index (κ3) is 5.04. The van der Waals surface area contributed by atoms with Crippen LogP contribution in [0, 0.1) is 5.92 Å². The average molecular weight is 363 g/mol. The Bertz CT molecular complexity index is 656. The molecule has 0 saturated carbocycles. The number of amides is 1. The summed E-state index contributed by atoms with van der Waals surface area (Å²) < 4.78 is 6.65. The number of ether oxygens (including phenoxy) is 1.